The number of ether oxygens (including phenoxy) is 1. The Bertz CT molecular complexity index is 980. The van der Waals surface area contributed by atoms with Gasteiger partial charge in [0.05, 0.1) is 29.1 Å². The molecule has 2 bridgehead atoms. The number of rotatable bonds is 3. The second-order valence-corrected chi connectivity index (χ2v) is 12.7. The van der Waals surface area contributed by atoms with E-state index in [9.17, 15) is 14.7 Å². The Kier molecular flexibility index (Phi) is 4.18. The largest absolute Gasteiger partial charge is 0.386 e. The molecule has 5 nitrogen and oxygen atoms in total. The topological polar surface area (TPSA) is 75.6 Å². The fraction of sp³-hybridized carbons (Fsp3) is 0.786. The van der Waals surface area contributed by atoms with Crippen LogP contribution in [0.1, 0.15) is 71.1 Å². The molecule has 7 rings (SSSR count). The summed E-state index contributed by atoms with van der Waals surface area (Å²) in [6.07, 6.45) is 12.1. The third-order valence-corrected chi connectivity index (χ3v) is 11.2. The molecule has 1 aliphatic heterocycles. The molecular formula is C28H37NO4. The lowest BCUT2D eigenvalue weighted by atomic mass is 9.60. The zero-order valence-corrected chi connectivity index (χ0v) is 19.8. The molecule has 5 heteroatoms. The molecule has 0 radical (unpaired) electrons. The third kappa shape index (κ3) is 2.51. The molecular weight excluding hydrogens is 414 g/mol. The van der Waals surface area contributed by atoms with Crippen molar-refractivity contribution >= 4 is 11.7 Å². The number of amides is 1. The highest BCUT2D eigenvalue weighted by atomic mass is 16.5. The number of carbonyl (C=O) groups excluding carboxylic acids is 2. The van der Waals surface area contributed by atoms with Gasteiger partial charge in [-0.2, -0.15) is 0 Å². The van der Waals surface area contributed by atoms with Gasteiger partial charge in [0.1, 0.15) is 5.78 Å². The Hall–Kier alpha value is -1.46. The SMILES string of the molecule is C=C1CC23CC1(O)CCC2C1=CC2OC(C)C2C2(CC2=O)C1C3C(=O)NCC1CCCCC1. The monoisotopic (exact) mass is 451 g/mol. The van der Waals surface area contributed by atoms with E-state index in [2.05, 4.69) is 24.9 Å². The summed E-state index contributed by atoms with van der Waals surface area (Å²) in [6.45, 7) is 7.12. The Balaban J connectivity index is 1.29. The number of nitrogens with one attached hydrogen (secondary N) is 1. The van der Waals surface area contributed by atoms with Crippen LogP contribution in [0.4, 0.5) is 0 Å². The second-order valence-electron chi connectivity index (χ2n) is 12.7. The molecule has 2 spiro atoms. The fourth-order valence-corrected chi connectivity index (χ4v) is 9.78. The van der Waals surface area contributed by atoms with Gasteiger partial charge in [0.15, 0.2) is 0 Å². The third-order valence-electron chi connectivity index (χ3n) is 11.2. The highest BCUT2D eigenvalue weighted by Crippen LogP contribution is 2.78. The number of ketones is 1. The summed E-state index contributed by atoms with van der Waals surface area (Å²) >= 11 is 0. The smallest absolute Gasteiger partial charge is 0.224 e. The van der Waals surface area contributed by atoms with Crippen molar-refractivity contribution in [3.05, 3.63) is 23.8 Å². The van der Waals surface area contributed by atoms with Crippen molar-refractivity contribution in [2.45, 2.75) is 88.9 Å². The van der Waals surface area contributed by atoms with Gasteiger partial charge in [-0.25, -0.2) is 0 Å². The fourth-order valence-electron chi connectivity index (χ4n) is 9.78. The maximum atomic E-state index is 14.1. The molecule has 1 saturated heterocycles. The molecule has 2 N–H and O–H groups in total. The number of carbonyl (C=O) groups is 2. The van der Waals surface area contributed by atoms with Crippen LogP contribution in [0.5, 0.6) is 0 Å². The first kappa shape index (κ1) is 20.9. The van der Waals surface area contributed by atoms with E-state index < -0.39 is 11.0 Å². The van der Waals surface area contributed by atoms with Gasteiger partial charge in [0.2, 0.25) is 5.91 Å². The summed E-state index contributed by atoms with van der Waals surface area (Å²) in [5.41, 5.74) is 0.630. The van der Waals surface area contributed by atoms with Crippen molar-refractivity contribution in [3.63, 3.8) is 0 Å². The lowest BCUT2D eigenvalue weighted by Gasteiger charge is -2.52. The molecule has 0 aromatic rings. The number of allylic oxidation sites excluding steroid dienone is 1. The highest BCUT2D eigenvalue weighted by molar-refractivity contribution is 6.03. The summed E-state index contributed by atoms with van der Waals surface area (Å²) in [6, 6.07) is 0. The number of fused-ring (bicyclic) bond motifs is 6. The van der Waals surface area contributed by atoms with Gasteiger partial charge in [-0.15, -0.1) is 0 Å². The van der Waals surface area contributed by atoms with E-state index in [4.69, 9.17) is 4.74 Å². The maximum absolute atomic E-state index is 14.1. The molecule has 178 valence electrons. The minimum atomic E-state index is -0.851. The van der Waals surface area contributed by atoms with Gasteiger partial charge in [-0.1, -0.05) is 37.5 Å². The molecule has 9 unspecified atom stereocenters. The normalized spacial score (nSPS) is 52.0. The minimum Gasteiger partial charge on any atom is -0.386 e. The number of aliphatic hydroxyl groups is 1. The number of hydrogen-bond donors (Lipinski definition) is 2. The second kappa shape index (κ2) is 6.60. The molecule has 6 aliphatic carbocycles. The molecule has 1 amide bonds. The molecule has 9 atom stereocenters. The van der Waals surface area contributed by atoms with Crippen LogP contribution in [0.15, 0.2) is 23.8 Å². The van der Waals surface area contributed by atoms with Crippen molar-refractivity contribution in [2.24, 2.45) is 40.4 Å². The highest BCUT2D eigenvalue weighted by Gasteiger charge is 2.79. The van der Waals surface area contributed by atoms with Gasteiger partial charge in [-0.05, 0) is 68.3 Å². The predicted octanol–water partition coefficient (Wildman–Crippen LogP) is 3.71. The van der Waals surface area contributed by atoms with Crippen LogP contribution in [0.3, 0.4) is 0 Å². The predicted molar refractivity (Wildman–Crippen MR) is 123 cm³/mol. The first-order chi connectivity index (χ1) is 15.8. The van der Waals surface area contributed by atoms with Gasteiger partial charge in [-0.3, -0.25) is 9.59 Å². The summed E-state index contributed by atoms with van der Waals surface area (Å²) in [5, 5.41) is 14.8. The molecule has 5 saturated carbocycles. The standard InChI is InChI=1S/C28H37NO4/c1-15-11-26-14-27(15,32)9-8-19(26)18-10-20-22(16(2)33-20)28(12-21(28)30)23(18)24(26)25(31)29-13-17-6-4-3-5-7-17/h10,16-17,19-20,22-24,32H,1,3-9,11-14H2,2H3,(H,29,31). The van der Waals surface area contributed by atoms with Gasteiger partial charge in [0, 0.05) is 24.8 Å². The molecule has 6 fully saturated rings. The van der Waals surface area contributed by atoms with E-state index in [1.807, 2.05) is 0 Å². The Labute approximate surface area is 196 Å². The van der Waals surface area contributed by atoms with E-state index >= 15 is 0 Å². The molecule has 33 heavy (non-hydrogen) atoms. The molecule has 7 aliphatic rings. The maximum Gasteiger partial charge on any atom is 0.224 e. The summed E-state index contributed by atoms with van der Waals surface area (Å²) in [5.74, 6) is 1.21. The van der Waals surface area contributed by atoms with Crippen molar-refractivity contribution in [2.75, 3.05) is 6.54 Å². The average molecular weight is 452 g/mol. The lowest BCUT2D eigenvalue weighted by Crippen LogP contribution is -2.58. The van der Waals surface area contributed by atoms with Crippen molar-refractivity contribution < 1.29 is 19.4 Å². The van der Waals surface area contributed by atoms with Crippen LogP contribution >= 0.6 is 0 Å². The summed E-state index contributed by atoms with van der Waals surface area (Å²) in [4.78, 5) is 27.3. The molecule has 0 aromatic heterocycles. The Morgan fingerprint density at radius 1 is 1.24 bits per heavy atom. The van der Waals surface area contributed by atoms with Gasteiger partial charge >= 0.3 is 0 Å². The minimum absolute atomic E-state index is 0.0178. The van der Waals surface area contributed by atoms with Gasteiger partial charge in [0.25, 0.3) is 0 Å². The van der Waals surface area contributed by atoms with E-state index in [0.29, 0.717) is 37.4 Å². The quantitative estimate of drug-likeness (QED) is 0.642. The number of hydrogen-bond acceptors (Lipinski definition) is 4. The zero-order valence-electron chi connectivity index (χ0n) is 19.8. The Morgan fingerprint density at radius 2 is 2.00 bits per heavy atom. The van der Waals surface area contributed by atoms with Crippen LogP contribution in [0, 0.1) is 40.4 Å². The molecule has 1 heterocycles. The summed E-state index contributed by atoms with van der Waals surface area (Å²) < 4.78 is 6.10. The summed E-state index contributed by atoms with van der Waals surface area (Å²) in [7, 11) is 0. The van der Waals surface area contributed by atoms with Crippen LogP contribution in [0.25, 0.3) is 0 Å². The number of Topliss-reactive ketones (excluding diaryl/α,β-unsaturated/α-hetero) is 1. The van der Waals surface area contributed by atoms with E-state index in [1.54, 1.807) is 0 Å². The van der Waals surface area contributed by atoms with Crippen LogP contribution in [-0.2, 0) is 14.3 Å². The Morgan fingerprint density at radius 3 is 2.70 bits per heavy atom. The van der Waals surface area contributed by atoms with Crippen LogP contribution in [0.2, 0.25) is 0 Å². The first-order valence-corrected chi connectivity index (χ1v) is 13.4. The van der Waals surface area contributed by atoms with E-state index in [0.717, 1.165) is 18.5 Å². The average Bonchev–Trinajstić information content (AvgIpc) is 3.24. The van der Waals surface area contributed by atoms with Crippen molar-refractivity contribution in [1.82, 2.24) is 5.32 Å². The molecule has 0 aromatic carbocycles. The van der Waals surface area contributed by atoms with Gasteiger partial charge < -0.3 is 15.2 Å². The van der Waals surface area contributed by atoms with Crippen LogP contribution in [-0.4, -0.2) is 41.2 Å². The van der Waals surface area contributed by atoms with Crippen molar-refractivity contribution in [1.29, 1.82) is 0 Å². The van der Waals surface area contributed by atoms with Crippen LogP contribution < -0.4 is 5.32 Å². The zero-order chi connectivity index (χ0) is 22.8. The first-order valence-electron chi connectivity index (χ1n) is 13.4. The van der Waals surface area contributed by atoms with Crippen molar-refractivity contribution in [3.8, 4) is 0 Å². The van der Waals surface area contributed by atoms with E-state index in [-0.39, 0.29) is 47.2 Å². The van der Waals surface area contributed by atoms with E-state index in [1.165, 1.54) is 37.7 Å². The lowest BCUT2D eigenvalue weighted by molar-refractivity contribution is -0.195.